The molecule has 5 fully saturated rings. The number of carboxylic acid groups (broad SMARTS) is 1. The molecule has 10 atom stereocenters. The van der Waals surface area contributed by atoms with Gasteiger partial charge in [0.2, 0.25) is 5.91 Å². The largest absolute Gasteiger partial charge is 0.481 e. The number of aliphatic carboxylic acids is 1. The van der Waals surface area contributed by atoms with Crippen molar-refractivity contribution in [2.45, 2.75) is 146 Å². The number of Topliss-reactive ketones (excluding diaryl/α,β-unsaturated/α-hetero) is 1. The van der Waals surface area contributed by atoms with Gasteiger partial charge in [-0.1, -0.05) is 74.0 Å². The Morgan fingerprint density at radius 1 is 0.906 bits per heavy atom. The zero-order valence-electron chi connectivity index (χ0n) is 33.8. The van der Waals surface area contributed by atoms with E-state index in [9.17, 15) is 24.3 Å². The molecule has 0 unspecified atom stereocenters. The van der Waals surface area contributed by atoms with Crippen LogP contribution in [-0.4, -0.2) is 39.8 Å². The van der Waals surface area contributed by atoms with Crippen molar-refractivity contribution in [3.63, 3.8) is 0 Å². The molecule has 0 bridgehead atoms. The van der Waals surface area contributed by atoms with E-state index in [-0.39, 0.29) is 63.2 Å². The van der Waals surface area contributed by atoms with Crippen LogP contribution in [-0.2, 0) is 30.5 Å². The van der Waals surface area contributed by atoms with Gasteiger partial charge in [-0.3, -0.25) is 24.2 Å². The van der Waals surface area contributed by atoms with Crippen LogP contribution in [0.2, 0.25) is 0 Å². The summed E-state index contributed by atoms with van der Waals surface area (Å²) in [6, 6.07) is 3.86. The molecule has 0 spiro atoms. The normalized spacial score (nSPS) is 41.0. The van der Waals surface area contributed by atoms with E-state index in [0.717, 1.165) is 62.5 Å². The van der Waals surface area contributed by atoms with E-state index < -0.39 is 22.7 Å². The first-order valence-electron chi connectivity index (χ1n) is 20.6. The number of amides is 1. The van der Waals surface area contributed by atoms with Gasteiger partial charge in [0.05, 0.1) is 11.8 Å². The van der Waals surface area contributed by atoms with Crippen molar-refractivity contribution in [2.24, 2.45) is 68.0 Å². The number of carbonyl (C=O) groups excluding carboxylic acids is 3. The maximum atomic E-state index is 14.0. The topological polar surface area (TPSA) is 123 Å². The Balaban J connectivity index is 1.13. The van der Waals surface area contributed by atoms with Crippen LogP contribution in [0.5, 0.6) is 0 Å². The van der Waals surface area contributed by atoms with Gasteiger partial charge in [-0.2, -0.15) is 0 Å². The zero-order chi connectivity index (χ0) is 38.5. The molecule has 0 aliphatic heterocycles. The minimum absolute atomic E-state index is 0.00359. The molecular formula is C45H64N2O6. The van der Waals surface area contributed by atoms with Crippen molar-refractivity contribution in [1.29, 1.82) is 0 Å². The smallest absolute Gasteiger partial charge is 0.309 e. The molecule has 1 heterocycles. The fraction of sp³-hybridized carbons (Fsp3) is 0.756. The molecule has 0 radical (unpaired) electrons. The standard InChI is InChI=1S/C45H64N2O6/c1-26(2)36-31(48)22-45(23-35(49)47-25-27-11-10-20-46-24-27)19-18-43(8)28(37(36)45)12-13-33-42(7)16-15-34(41(5,6)32(42)14-17-44(33,43)9)53-39(52)30-21-29(38(50)51)40(30,3)4/h10-11,20,24,26,28-30,32-34H,12-19,21-23,25H2,1-9H3,(H,47,49)(H,50,51)/t28-,29+,30-,32+,33-,34+,42+,43-,44-,45+/m1/s1. The Kier molecular flexibility index (Phi) is 9.21. The van der Waals surface area contributed by atoms with Crippen LogP contribution in [0.3, 0.4) is 0 Å². The van der Waals surface area contributed by atoms with Crippen LogP contribution in [0.4, 0.5) is 0 Å². The summed E-state index contributed by atoms with van der Waals surface area (Å²) >= 11 is 0. The highest BCUT2D eigenvalue weighted by molar-refractivity contribution is 6.01. The zero-order valence-corrected chi connectivity index (χ0v) is 33.8. The molecule has 290 valence electrons. The molecule has 0 saturated heterocycles. The average molecular weight is 729 g/mol. The number of hydrogen-bond donors (Lipinski definition) is 2. The van der Waals surface area contributed by atoms with Crippen LogP contribution in [0, 0.1) is 68.0 Å². The van der Waals surface area contributed by atoms with E-state index >= 15 is 0 Å². The van der Waals surface area contributed by atoms with Crippen molar-refractivity contribution < 1.29 is 29.0 Å². The first-order valence-corrected chi connectivity index (χ1v) is 20.6. The summed E-state index contributed by atoms with van der Waals surface area (Å²) in [6.07, 6.45) is 12.5. The number of ketones is 1. The van der Waals surface area contributed by atoms with Gasteiger partial charge in [0.1, 0.15) is 6.10 Å². The third kappa shape index (κ3) is 5.59. The Morgan fingerprint density at radius 2 is 1.64 bits per heavy atom. The third-order valence-electron chi connectivity index (χ3n) is 17.3. The number of allylic oxidation sites excluding steroid dienone is 2. The number of carboxylic acids is 1. The Morgan fingerprint density at radius 3 is 2.28 bits per heavy atom. The summed E-state index contributed by atoms with van der Waals surface area (Å²) in [5.41, 5.74) is 2.24. The predicted octanol–water partition coefficient (Wildman–Crippen LogP) is 8.73. The van der Waals surface area contributed by atoms with Gasteiger partial charge >= 0.3 is 11.9 Å². The molecule has 1 amide bonds. The van der Waals surface area contributed by atoms with Crippen molar-refractivity contribution in [2.75, 3.05) is 0 Å². The number of esters is 1. The Bertz CT molecular complexity index is 1710. The highest BCUT2D eigenvalue weighted by atomic mass is 16.5. The van der Waals surface area contributed by atoms with E-state index in [1.807, 2.05) is 26.0 Å². The highest BCUT2D eigenvalue weighted by Gasteiger charge is 2.70. The monoisotopic (exact) mass is 728 g/mol. The van der Waals surface area contributed by atoms with Gasteiger partial charge in [-0.15, -0.1) is 0 Å². The van der Waals surface area contributed by atoms with Gasteiger partial charge in [0.25, 0.3) is 0 Å². The Hall–Kier alpha value is -3.03. The summed E-state index contributed by atoms with van der Waals surface area (Å²) in [6.45, 7) is 20.8. The second-order valence-corrected chi connectivity index (χ2v) is 20.6. The molecule has 0 aromatic carbocycles. The van der Waals surface area contributed by atoms with Gasteiger partial charge in [0, 0.05) is 42.6 Å². The molecule has 6 aliphatic rings. The van der Waals surface area contributed by atoms with E-state index in [4.69, 9.17) is 4.74 Å². The summed E-state index contributed by atoms with van der Waals surface area (Å²) in [4.78, 5) is 57.2. The molecule has 8 heteroatoms. The lowest BCUT2D eigenvalue weighted by Gasteiger charge is -2.72. The first-order chi connectivity index (χ1) is 24.7. The van der Waals surface area contributed by atoms with E-state index in [0.29, 0.717) is 37.6 Å². The van der Waals surface area contributed by atoms with Crippen LogP contribution in [0.15, 0.2) is 35.7 Å². The van der Waals surface area contributed by atoms with Crippen LogP contribution < -0.4 is 5.32 Å². The second-order valence-electron chi connectivity index (χ2n) is 20.6. The molecule has 2 N–H and O–H groups in total. The summed E-state index contributed by atoms with van der Waals surface area (Å²) in [5, 5.41) is 12.8. The number of nitrogens with one attached hydrogen (secondary N) is 1. The number of carbonyl (C=O) groups is 4. The van der Waals surface area contributed by atoms with Crippen molar-refractivity contribution in [3.8, 4) is 0 Å². The minimum Gasteiger partial charge on any atom is -0.481 e. The van der Waals surface area contributed by atoms with Gasteiger partial charge < -0.3 is 15.2 Å². The minimum atomic E-state index is -0.830. The molecule has 7 rings (SSSR count). The fourth-order valence-corrected chi connectivity index (χ4v) is 14.2. The third-order valence-corrected chi connectivity index (χ3v) is 17.3. The number of aromatic nitrogens is 1. The number of hydrogen-bond acceptors (Lipinski definition) is 6. The van der Waals surface area contributed by atoms with Crippen molar-refractivity contribution in [1.82, 2.24) is 10.3 Å². The number of fused-ring (bicyclic) bond motifs is 7. The summed E-state index contributed by atoms with van der Waals surface area (Å²) in [5.74, 6) is -0.377. The number of pyridine rings is 1. The van der Waals surface area contributed by atoms with Gasteiger partial charge in [0.15, 0.2) is 5.78 Å². The fourth-order valence-electron chi connectivity index (χ4n) is 14.2. The number of nitrogens with zero attached hydrogens (tertiary/aromatic N) is 1. The quantitative estimate of drug-likeness (QED) is 0.257. The lowest BCUT2D eigenvalue weighted by atomic mass is 9.33. The molecule has 53 heavy (non-hydrogen) atoms. The van der Waals surface area contributed by atoms with E-state index in [1.165, 1.54) is 5.57 Å². The summed E-state index contributed by atoms with van der Waals surface area (Å²) in [7, 11) is 0. The highest BCUT2D eigenvalue weighted by Crippen LogP contribution is 2.77. The maximum absolute atomic E-state index is 14.0. The molecule has 8 nitrogen and oxygen atoms in total. The predicted molar refractivity (Wildman–Crippen MR) is 203 cm³/mol. The molecule has 1 aromatic heterocycles. The summed E-state index contributed by atoms with van der Waals surface area (Å²) < 4.78 is 6.41. The maximum Gasteiger partial charge on any atom is 0.309 e. The number of ether oxygens (including phenoxy) is 1. The Labute approximate surface area is 317 Å². The lowest BCUT2D eigenvalue weighted by molar-refractivity contribution is -0.236. The van der Waals surface area contributed by atoms with E-state index in [2.05, 4.69) is 58.8 Å². The van der Waals surface area contributed by atoms with Crippen LogP contribution >= 0.6 is 0 Å². The van der Waals surface area contributed by atoms with Crippen molar-refractivity contribution in [3.05, 3.63) is 41.2 Å². The first kappa shape index (κ1) is 38.3. The second kappa shape index (κ2) is 12.8. The molecule has 6 aliphatic carbocycles. The SMILES string of the molecule is CC(C)C1=C2[C@H]3CC[C@@H]4[C@@]5(C)CC[C@H](OC(=O)[C@H]6C[C@@H](C(=O)O)C6(C)C)C(C)(C)[C@@H]5CC[C@@]4(C)[C@]3(C)CC[C@@]2(CC(=O)NCc2cccnc2)CC1=O. The average Bonchev–Trinajstić information content (AvgIpc) is 3.37. The van der Waals surface area contributed by atoms with Crippen molar-refractivity contribution >= 4 is 23.6 Å². The van der Waals surface area contributed by atoms with Crippen LogP contribution in [0.25, 0.3) is 0 Å². The molecule has 1 aromatic rings. The number of rotatable bonds is 8. The molecule has 5 saturated carbocycles. The van der Waals surface area contributed by atoms with E-state index in [1.54, 1.807) is 12.4 Å². The molecular weight excluding hydrogens is 665 g/mol. The lowest BCUT2D eigenvalue weighted by Crippen LogP contribution is -2.66. The van der Waals surface area contributed by atoms with Gasteiger partial charge in [-0.25, -0.2) is 0 Å². The van der Waals surface area contributed by atoms with Gasteiger partial charge in [-0.05, 0) is 120 Å². The van der Waals surface area contributed by atoms with Crippen LogP contribution in [0.1, 0.15) is 139 Å².